The number of carbonyl (C=O) groups excluding carboxylic acids is 1. The molecule has 0 spiro atoms. The van der Waals surface area contributed by atoms with Crippen molar-refractivity contribution >= 4 is 17.3 Å². The van der Waals surface area contributed by atoms with Crippen LogP contribution >= 0.6 is 0 Å². The SMILES string of the molecule is C=CCOC(=O)Cc1ccc([N+](=O)[O-])cc1[N+](=O)[O-]. The summed E-state index contributed by atoms with van der Waals surface area (Å²) in [6.07, 6.45) is 1.03. The van der Waals surface area contributed by atoms with Crippen molar-refractivity contribution in [1.82, 2.24) is 0 Å². The maximum absolute atomic E-state index is 11.3. The Balaban J connectivity index is 3.00. The van der Waals surface area contributed by atoms with Gasteiger partial charge in [0.25, 0.3) is 11.4 Å². The number of nitrogens with zero attached hydrogens (tertiary/aromatic N) is 2. The zero-order valence-electron chi connectivity index (χ0n) is 9.77. The van der Waals surface area contributed by atoms with Gasteiger partial charge in [0.2, 0.25) is 0 Å². The molecule has 8 nitrogen and oxygen atoms in total. The number of ether oxygens (including phenoxy) is 1. The Kier molecular flexibility index (Phi) is 4.69. The molecule has 0 radical (unpaired) electrons. The molecule has 0 aromatic heterocycles. The molecule has 1 rings (SSSR count). The number of esters is 1. The summed E-state index contributed by atoms with van der Waals surface area (Å²) in [6.45, 7) is 3.36. The monoisotopic (exact) mass is 266 g/mol. The lowest BCUT2D eigenvalue weighted by Gasteiger charge is -2.03. The summed E-state index contributed by atoms with van der Waals surface area (Å²) >= 11 is 0. The largest absolute Gasteiger partial charge is 0.461 e. The van der Waals surface area contributed by atoms with Crippen LogP contribution in [0.25, 0.3) is 0 Å². The van der Waals surface area contributed by atoms with Gasteiger partial charge >= 0.3 is 5.97 Å². The van der Waals surface area contributed by atoms with Crippen LogP contribution < -0.4 is 0 Å². The molecule has 0 saturated carbocycles. The number of carbonyl (C=O) groups is 1. The third-order valence-corrected chi connectivity index (χ3v) is 2.17. The average Bonchev–Trinajstić information content (AvgIpc) is 2.36. The number of benzene rings is 1. The van der Waals surface area contributed by atoms with Crippen molar-refractivity contribution in [3.05, 3.63) is 56.6 Å². The van der Waals surface area contributed by atoms with Crippen molar-refractivity contribution in [2.45, 2.75) is 6.42 Å². The molecule has 1 aromatic carbocycles. The quantitative estimate of drug-likeness (QED) is 0.335. The van der Waals surface area contributed by atoms with Crippen LogP contribution in [-0.2, 0) is 16.0 Å². The molecule has 0 atom stereocenters. The van der Waals surface area contributed by atoms with Crippen molar-refractivity contribution in [3.63, 3.8) is 0 Å². The van der Waals surface area contributed by atoms with Gasteiger partial charge in [0.15, 0.2) is 0 Å². The molecular formula is C11H10N2O6. The first-order chi connectivity index (χ1) is 8.95. The van der Waals surface area contributed by atoms with E-state index in [0.29, 0.717) is 0 Å². The molecule has 0 bridgehead atoms. The van der Waals surface area contributed by atoms with E-state index in [4.69, 9.17) is 4.74 Å². The Hall–Kier alpha value is -2.77. The van der Waals surface area contributed by atoms with Crippen LogP contribution in [0.5, 0.6) is 0 Å². The lowest BCUT2D eigenvalue weighted by atomic mass is 10.1. The maximum Gasteiger partial charge on any atom is 0.310 e. The summed E-state index contributed by atoms with van der Waals surface area (Å²) in [5.41, 5.74) is -0.829. The highest BCUT2D eigenvalue weighted by Gasteiger charge is 2.21. The predicted molar refractivity (Wildman–Crippen MR) is 64.6 cm³/mol. The second kappa shape index (κ2) is 6.24. The van der Waals surface area contributed by atoms with Crippen molar-refractivity contribution in [3.8, 4) is 0 Å². The summed E-state index contributed by atoms with van der Waals surface area (Å²) in [4.78, 5) is 31.2. The van der Waals surface area contributed by atoms with Gasteiger partial charge < -0.3 is 4.74 Å². The molecule has 0 aliphatic carbocycles. The average molecular weight is 266 g/mol. The third-order valence-electron chi connectivity index (χ3n) is 2.17. The highest BCUT2D eigenvalue weighted by molar-refractivity contribution is 5.74. The van der Waals surface area contributed by atoms with E-state index < -0.39 is 27.2 Å². The lowest BCUT2D eigenvalue weighted by Crippen LogP contribution is -2.09. The standard InChI is InChI=1S/C11H10N2O6/c1-2-5-19-11(14)6-8-3-4-9(12(15)16)7-10(8)13(17)18/h2-4,7H,1,5-6H2. The first-order valence-corrected chi connectivity index (χ1v) is 5.14. The van der Waals surface area contributed by atoms with Crippen molar-refractivity contribution in [2.75, 3.05) is 6.61 Å². The van der Waals surface area contributed by atoms with Crippen LogP contribution in [0, 0.1) is 20.2 Å². The van der Waals surface area contributed by atoms with Crippen molar-refractivity contribution < 1.29 is 19.4 Å². The van der Waals surface area contributed by atoms with Gasteiger partial charge in [0.1, 0.15) is 6.61 Å². The molecule has 1 aromatic rings. The Morgan fingerprint density at radius 3 is 2.53 bits per heavy atom. The number of hydrogen-bond acceptors (Lipinski definition) is 6. The second-order valence-corrected chi connectivity index (χ2v) is 3.48. The van der Waals surface area contributed by atoms with Gasteiger partial charge in [-0.25, -0.2) is 0 Å². The minimum atomic E-state index is -0.775. The summed E-state index contributed by atoms with van der Waals surface area (Å²) in [7, 11) is 0. The van der Waals surface area contributed by atoms with Gasteiger partial charge in [0, 0.05) is 11.6 Å². The topological polar surface area (TPSA) is 113 Å². The second-order valence-electron chi connectivity index (χ2n) is 3.48. The number of nitro groups is 2. The van der Waals surface area contributed by atoms with E-state index in [1.165, 1.54) is 12.1 Å². The van der Waals surface area contributed by atoms with E-state index >= 15 is 0 Å². The van der Waals surface area contributed by atoms with Crippen LogP contribution in [-0.4, -0.2) is 22.4 Å². The molecule has 0 saturated heterocycles. The van der Waals surface area contributed by atoms with E-state index in [9.17, 15) is 25.0 Å². The minimum Gasteiger partial charge on any atom is -0.461 e. The fourth-order valence-electron chi connectivity index (χ4n) is 1.34. The molecule has 0 amide bonds. The summed E-state index contributed by atoms with van der Waals surface area (Å²) in [5.74, 6) is -0.670. The molecule has 19 heavy (non-hydrogen) atoms. The van der Waals surface area contributed by atoms with Crippen LogP contribution in [0.1, 0.15) is 5.56 Å². The van der Waals surface area contributed by atoms with E-state index in [1.807, 2.05) is 0 Å². The molecule has 0 fully saturated rings. The van der Waals surface area contributed by atoms with Gasteiger partial charge in [-0.1, -0.05) is 12.7 Å². The van der Waals surface area contributed by atoms with E-state index in [0.717, 1.165) is 12.1 Å². The van der Waals surface area contributed by atoms with Gasteiger partial charge in [-0.05, 0) is 6.07 Å². The van der Waals surface area contributed by atoms with E-state index in [-0.39, 0.29) is 18.6 Å². The van der Waals surface area contributed by atoms with Crippen LogP contribution in [0.3, 0.4) is 0 Å². The van der Waals surface area contributed by atoms with Gasteiger partial charge in [0.05, 0.1) is 22.3 Å². The molecule has 0 unspecified atom stereocenters. The Bertz CT molecular complexity index is 540. The van der Waals surface area contributed by atoms with Gasteiger partial charge in [-0.15, -0.1) is 0 Å². The number of nitro benzene ring substituents is 2. The number of hydrogen-bond donors (Lipinski definition) is 0. The molecule has 0 N–H and O–H groups in total. The summed E-state index contributed by atoms with van der Waals surface area (Å²) in [5, 5.41) is 21.3. The first kappa shape index (κ1) is 14.3. The Morgan fingerprint density at radius 2 is 2.00 bits per heavy atom. The summed E-state index contributed by atoms with van der Waals surface area (Å²) < 4.78 is 4.69. The lowest BCUT2D eigenvalue weighted by molar-refractivity contribution is -0.394. The zero-order chi connectivity index (χ0) is 14.4. The number of rotatable bonds is 6. The number of non-ortho nitro benzene ring substituents is 1. The highest BCUT2D eigenvalue weighted by atomic mass is 16.6. The molecule has 8 heteroatoms. The van der Waals surface area contributed by atoms with Gasteiger partial charge in [-0.3, -0.25) is 25.0 Å². The van der Waals surface area contributed by atoms with Crippen molar-refractivity contribution in [2.24, 2.45) is 0 Å². The van der Waals surface area contributed by atoms with Crippen LogP contribution in [0.2, 0.25) is 0 Å². The smallest absolute Gasteiger partial charge is 0.310 e. The molecule has 100 valence electrons. The molecular weight excluding hydrogens is 256 g/mol. The highest BCUT2D eigenvalue weighted by Crippen LogP contribution is 2.25. The van der Waals surface area contributed by atoms with Crippen LogP contribution in [0.15, 0.2) is 30.9 Å². The zero-order valence-corrected chi connectivity index (χ0v) is 9.77. The normalized spacial score (nSPS) is 9.68. The third kappa shape index (κ3) is 3.87. The van der Waals surface area contributed by atoms with Crippen LogP contribution in [0.4, 0.5) is 11.4 Å². The minimum absolute atomic E-state index is 0.000385. The maximum atomic E-state index is 11.3. The summed E-state index contributed by atoms with van der Waals surface area (Å²) in [6, 6.07) is 3.09. The Morgan fingerprint density at radius 1 is 1.32 bits per heavy atom. The predicted octanol–water partition coefficient (Wildman–Crippen LogP) is 1.77. The van der Waals surface area contributed by atoms with E-state index in [1.54, 1.807) is 0 Å². The molecule has 0 heterocycles. The fourth-order valence-corrected chi connectivity index (χ4v) is 1.34. The Labute approximate surface area is 107 Å². The van der Waals surface area contributed by atoms with Crippen molar-refractivity contribution in [1.29, 1.82) is 0 Å². The van der Waals surface area contributed by atoms with Gasteiger partial charge in [-0.2, -0.15) is 0 Å². The molecule has 0 aliphatic rings. The first-order valence-electron chi connectivity index (χ1n) is 5.14. The molecule has 0 aliphatic heterocycles. The fraction of sp³-hybridized carbons (Fsp3) is 0.182. The van der Waals surface area contributed by atoms with E-state index in [2.05, 4.69) is 6.58 Å².